The van der Waals surface area contributed by atoms with Gasteiger partial charge in [0.25, 0.3) is 0 Å². The Morgan fingerprint density at radius 2 is 0.128 bits per heavy atom. The highest BCUT2D eigenvalue weighted by molar-refractivity contribution is 4.49. The Morgan fingerprint density at radius 1 is 0.0780 bits per heavy atom. The molecule has 0 aliphatic heterocycles. The molecule has 0 aliphatic rings. The van der Waals surface area contributed by atoms with Crippen LogP contribution in [0.5, 0.6) is 0 Å². The zero-order chi connectivity index (χ0) is 100. The van der Waals surface area contributed by atoms with Crippen molar-refractivity contribution in [2.45, 2.75) is 6.42 Å². The first-order valence-electron chi connectivity index (χ1n) is 50.6. The summed E-state index contributed by atoms with van der Waals surface area (Å²) in [7, 11) is 1.64. The maximum atomic E-state index is 5.56. The first-order valence-corrected chi connectivity index (χ1v) is 50.6. The van der Waals surface area contributed by atoms with Crippen LogP contribution >= 0.6 is 0 Å². The lowest BCUT2D eigenvalue weighted by Crippen LogP contribution is -2.16. The lowest BCUT2D eigenvalue weighted by Gasteiger charge is -2.09. The first kappa shape index (κ1) is 139. The fraction of sp³-hybridized carbons (Fsp3) is 1.00. The van der Waals surface area contributed by atoms with Crippen molar-refractivity contribution in [3.63, 3.8) is 0 Å². The molecule has 0 bridgehead atoms. The molecule has 141 heavy (non-hydrogen) atoms. The van der Waals surface area contributed by atoms with Crippen LogP contribution < -0.4 is 5.73 Å². The van der Waals surface area contributed by atoms with Crippen LogP contribution in [-0.2, 0) is 218 Å². The molecule has 0 aliphatic carbocycles. The van der Waals surface area contributed by atoms with Gasteiger partial charge in [0.1, 0.15) is 0 Å². The molecule has 0 unspecified atom stereocenters. The predicted octanol–water partition coefficient (Wildman–Crippen LogP) is 0.729. The summed E-state index contributed by atoms with van der Waals surface area (Å²) in [4.78, 5) is 0. The van der Waals surface area contributed by atoms with Gasteiger partial charge in [-0.3, -0.25) is 0 Å². The average Bonchev–Trinajstić information content (AvgIpc) is 1.11. The van der Waals surface area contributed by atoms with Crippen molar-refractivity contribution >= 4 is 0 Å². The molecule has 47 heteroatoms. The van der Waals surface area contributed by atoms with E-state index < -0.39 is 0 Å². The number of hydrogen-bond acceptors (Lipinski definition) is 47. The Balaban J connectivity index is 3.11. The minimum Gasteiger partial charge on any atom is -0.382 e. The lowest BCUT2D eigenvalue weighted by molar-refractivity contribution is -0.0330. The summed E-state index contributed by atoms with van der Waals surface area (Å²) in [6.07, 6.45) is 0.861. The van der Waals surface area contributed by atoms with Crippen LogP contribution in [0, 0.1) is 0 Å². The van der Waals surface area contributed by atoms with Crippen molar-refractivity contribution in [2.75, 3.05) is 615 Å². The highest BCUT2D eigenvalue weighted by Gasteiger charge is 2.07. The van der Waals surface area contributed by atoms with E-state index in [9.17, 15) is 0 Å². The topological polar surface area (TPSA) is 451 Å². The van der Waals surface area contributed by atoms with Gasteiger partial charge < -0.3 is 224 Å². The molecule has 0 aromatic heterocycles. The van der Waals surface area contributed by atoms with E-state index in [2.05, 4.69) is 0 Å². The van der Waals surface area contributed by atoms with E-state index >= 15 is 0 Å². The number of nitrogens with two attached hydrogens (primary N) is 1. The molecule has 2 N–H and O–H groups in total. The summed E-state index contributed by atoms with van der Waals surface area (Å²) < 4.78 is 253. The molecule has 0 aromatic rings. The normalized spacial score (nSPS) is 11.9. The monoisotopic (exact) mass is 2070 g/mol. The van der Waals surface area contributed by atoms with Gasteiger partial charge >= 0.3 is 0 Å². The third-order valence-electron chi connectivity index (χ3n) is 17.3. The van der Waals surface area contributed by atoms with Gasteiger partial charge in [-0.05, 0) is 13.0 Å². The fourth-order valence-corrected chi connectivity index (χ4v) is 10.1. The zero-order valence-electron chi connectivity index (χ0n) is 86.1. The number of hydrogen-bond donors (Lipinski definition) is 1. The van der Waals surface area contributed by atoms with Crippen molar-refractivity contribution in [2.24, 2.45) is 5.73 Å². The van der Waals surface area contributed by atoms with Gasteiger partial charge in [-0.2, -0.15) is 0 Å². The quantitative estimate of drug-likeness (QED) is 0.0820. The van der Waals surface area contributed by atoms with Crippen LogP contribution in [-0.4, -0.2) is 615 Å². The zero-order valence-corrected chi connectivity index (χ0v) is 86.1. The highest BCUT2D eigenvalue weighted by atomic mass is 16.7. The van der Waals surface area contributed by atoms with E-state index in [0.717, 1.165) is 6.42 Å². The Morgan fingerprint density at radius 3 is 0.177 bits per heavy atom. The largest absolute Gasteiger partial charge is 0.382 e. The Hall–Kier alpha value is -1.88. The Kier molecular flexibility index (Phi) is 136. The molecule has 47 nitrogen and oxygen atoms in total. The van der Waals surface area contributed by atoms with Gasteiger partial charge in [0, 0.05) is 13.7 Å². The van der Waals surface area contributed by atoms with Gasteiger partial charge in [-0.15, -0.1) is 0 Å². The summed E-state index contributed by atoms with van der Waals surface area (Å²) in [6.45, 7) is 45.2. The maximum Gasteiger partial charge on any atom is 0.0701 e. The fourth-order valence-electron chi connectivity index (χ4n) is 10.1. The summed E-state index contributed by atoms with van der Waals surface area (Å²) in [5.41, 5.74) is 5.42. The van der Waals surface area contributed by atoms with Crippen LogP contribution in [0.25, 0.3) is 0 Å². The third kappa shape index (κ3) is 138. The molecule has 0 spiro atoms. The van der Waals surface area contributed by atoms with Crippen LogP contribution in [0.2, 0.25) is 0 Å². The van der Waals surface area contributed by atoms with Crippen molar-refractivity contribution in [1.82, 2.24) is 0 Å². The van der Waals surface area contributed by atoms with Crippen LogP contribution in [0.4, 0.5) is 0 Å². The second-order valence-corrected chi connectivity index (χ2v) is 28.7. The van der Waals surface area contributed by atoms with Gasteiger partial charge in [-0.25, -0.2) is 0 Å². The second-order valence-electron chi connectivity index (χ2n) is 28.7. The minimum atomic E-state index is 0.472. The molecule has 0 amide bonds. The smallest absolute Gasteiger partial charge is 0.0701 e. The van der Waals surface area contributed by atoms with E-state index in [0.29, 0.717) is 608 Å². The van der Waals surface area contributed by atoms with Crippen molar-refractivity contribution in [3.8, 4) is 0 Å². The van der Waals surface area contributed by atoms with Crippen LogP contribution in [0.3, 0.4) is 0 Å². The van der Waals surface area contributed by atoms with E-state index in [1.54, 1.807) is 7.11 Å². The maximum absolute atomic E-state index is 5.56. The minimum absolute atomic E-state index is 0.472. The average molecular weight is 2070 g/mol. The molecule has 0 atom stereocenters. The van der Waals surface area contributed by atoms with Gasteiger partial charge in [0.05, 0.1) is 595 Å². The molecule has 848 valence electrons. The van der Waals surface area contributed by atoms with E-state index in [-0.39, 0.29) is 0 Å². The summed E-state index contributed by atoms with van der Waals surface area (Å²) in [5, 5.41) is 0. The second kappa shape index (κ2) is 138. The first-order chi connectivity index (χ1) is 70.4. The molecule has 0 radical (unpaired) electrons. The van der Waals surface area contributed by atoms with Gasteiger partial charge in [0.2, 0.25) is 0 Å². The molecule has 0 rings (SSSR count). The van der Waals surface area contributed by atoms with Crippen LogP contribution in [0.1, 0.15) is 6.42 Å². The molecule has 0 saturated carbocycles. The van der Waals surface area contributed by atoms with Gasteiger partial charge in [-0.1, -0.05) is 0 Å². The molecule has 0 heterocycles. The van der Waals surface area contributed by atoms with Crippen molar-refractivity contribution < 1.29 is 218 Å². The summed E-state index contributed by atoms with van der Waals surface area (Å²) in [6, 6.07) is 0. The number of methoxy groups -OCH3 is 1. The predicted molar refractivity (Wildman–Crippen MR) is 512 cm³/mol. The van der Waals surface area contributed by atoms with Crippen molar-refractivity contribution in [3.05, 3.63) is 0 Å². The molecule has 0 aromatic carbocycles. The molecular weight excluding hydrogens is 1880 g/mol. The standard InChI is InChI=1S/C94H191NO46/c1-96-5-6-98-9-10-100-13-14-102-17-18-104-21-22-106-25-26-108-29-30-110-33-34-112-37-38-114-41-42-116-45-46-118-49-50-120-53-54-122-57-58-124-61-62-126-65-66-128-69-70-130-73-74-132-77-78-134-81-82-136-85-86-138-89-90-140-93-94-141-92-91-139-88-87-137-84-83-135-80-79-133-76-75-131-72-71-129-68-67-127-64-63-125-60-59-123-56-55-121-52-51-119-48-47-117-44-43-115-40-39-113-36-35-111-32-31-109-28-27-107-24-23-105-20-19-103-16-15-101-12-11-99-8-7-97-4-2-3-95/h2-95H2,1H3. The summed E-state index contributed by atoms with van der Waals surface area (Å²) in [5.74, 6) is 0. The lowest BCUT2D eigenvalue weighted by atomic mass is 10.5. The third-order valence-corrected chi connectivity index (χ3v) is 17.3. The van der Waals surface area contributed by atoms with E-state index in [1.165, 1.54) is 0 Å². The Labute approximate surface area is 841 Å². The van der Waals surface area contributed by atoms with E-state index in [1.807, 2.05) is 0 Å². The SMILES string of the molecule is COCCOCCOCCOCCOCCOCCOCCOCCOCCOCCOCCOCCOCCOCCOCCOCCOCCOCCOCCOCCOCCOCCOCCOCCOCCOCCOCCOCCOCCOCCOCCOCCOCCOCCOCCOCCOCCOCCOCCOCCOCCOCCOCCOCCOCCOCCCN. The van der Waals surface area contributed by atoms with Crippen LogP contribution in [0.15, 0.2) is 0 Å². The number of rotatable bonds is 138. The molecular formula is C94H191NO46. The summed E-state index contributed by atoms with van der Waals surface area (Å²) >= 11 is 0. The Bertz CT molecular complexity index is 1800. The van der Waals surface area contributed by atoms with Gasteiger partial charge in [0.15, 0.2) is 0 Å². The van der Waals surface area contributed by atoms with E-state index in [4.69, 9.17) is 224 Å². The highest BCUT2D eigenvalue weighted by Crippen LogP contribution is 1.98. The number of ether oxygens (including phenoxy) is 46. The van der Waals surface area contributed by atoms with Crippen molar-refractivity contribution in [1.29, 1.82) is 0 Å². The molecule has 0 fully saturated rings. The molecule has 0 saturated heterocycles.